The molecule has 3 aromatic rings. The molecule has 3 rings (SSSR count). The quantitative estimate of drug-likeness (QED) is 0.790. The number of aromatic carboxylic acids is 1. The lowest BCUT2D eigenvalue weighted by Gasteiger charge is -1.98. The van der Waals surface area contributed by atoms with Crippen molar-refractivity contribution in [3.63, 3.8) is 0 Å². The second kappa shape index (κ2) is 3.99. The Morgan fingerprint density at radius 2 is 2.28 bits per heavy atom. The Morgan fingerprint density at radius 1 is 1.44 bits per heavy atom. The van der Waals surface area contributed by atoms with Crippen LogP contribution in [0.25, 0.3) is 16.8 Å². The van der Waals surface area contributed by atoms with Gasteiger partial charge in [0.05, 0.1) is 21.7 Å². The molecule has 0 atom stereocenters. The van der Waals surface area contributed by atoms with Crippen LogP contribution in [-0.4, -0.2) is 20.7 Å². The maximum Gasteiger partial charge on any atom is 0.338 e. The minimum Gasteiger partial charge on any atom is -0.478 e. The standard InChI is InChI=1S/C12H7BrN2O3/c13-9-5-14-15-2-1-7(3-10(9)15)11-4-8(6-18-11)12(16)17/h1-6H,(H,16,17). The minimum atomic E-state index is -1.00. The van der Waals surface area contributed by atoms with Gasteiger partial charge in [-0.1, -0.05) is 0 Å². The topological polar surface area (TPSA) is 67.7 Å². The third-order valence-electron chi connectivity index (χ3n) is 2.61. The van der Waals surface area contributed by atoms with Crippen molar-refractivity contribution in [3.05, 3.63) is 46.9 Å². The summed E-state index contributed by atoms with van der Waals surface area (Å²) in [5, 5.41) is 13.0. The van der Waals surface area contributed by atoms with Crippen molar-refractivity contribution in [3.8, 4) is 11.3 Å². The molecule has 0 aliphatic carbocycles. The van der Waals surface area contributed by atoms with Gasteiger partial charge in [-0.2, -0.15) is 5.10 Å². The summed E-state index contributed by atoms with van der Waals surface area (Å²) < 4.78 is 7.84. The van der Waals surface area contributed by atoms with Crippen molar-refractivity contribution < 1.29 is 14.3 Å². The zero-order valence-corrected chi connectivity index (χ0v) is 10.6. The predicted molar refractivity (Wildman–Crippen MR) is 67.6 cm³/mol. The second-order valence-corrected chi connectivity index (χ2v) is 4.60. The lowest BCUT2D eigenvalue weighted by molar-refractivity contribution is 0.0696. The Bertz CT molecular complexity index is 745. The summed E-state index contributed by atoms with van der Waals surface area (Å²) in [5.74, 6) is -0.486. The Balaban J connectivity index is 2.12. The minimum absolute atomic E-state index is 0.137. The molecule has 3 aromatic heterocycles. The highest BCUT2D eigenvalue weighted by Crippen LogP contribution is 2.26. The van der Waals surface area contributed by atoms with E-state index in [0.29, 0.717) is 5.76 Å². The van der Waals surface area contributed by atoms with E-state index in [1.807, 2.05) is 12.1 Å². The first-order valence-electron chi connectivity index (χ1n) is 5.10. The molecule has 0 fully saturated rings. The molecule has 0 aliphatic rings. The third-order valence-corrected chi connectivity index (χ3v) is 3.22. The first kappa shape index (κ1) is 11.0. The van der Waals surface area contributed by atoms with Crippen LogP contribution in [0.15, 0.2) is 45.7 Å². The molecule has 0 spiro atoms. The van der Waals surface area contributed by atoms with Crippen LogP contribution in [0.2, 0.25) is 0 Å². The summed E-state index contributed by atoms with van der Waals surface area (Å²) in [6.45, 7) is 0. The van der Waals surface area contributed by atoms with Crippen molar-refractivity contribution in [1.29, 1.82) is 0 Å². The van der Waals surface area contributed by atoms with Crippen LogP contribution >= 0.6 is 15.9 Å². The fourth-order valence-electron chi connectivity index (χ4n) is 1.70. The Kier molecular flexibility index (Phi) is 2.45. The van der Waals surface area contributed by atoms with Crippen LogP contribution in [-0.2, 0) is 0 Å². The molecule has 90 valence electrons. The summed E-state index contributed by atoms with van der Waals surface area (Å²) in [6.07, 6.45) is 4.72. The molecule has 6 heteroatoms. The maximum atomic E-state index is 10.8. The fourth-order valence-corrected chi connectivity index (χ4v) is 2.09. The molecule has 3 heterocycles. The van der Waals surface area contributed by atoms with Crippen molar-refractivity contribution >= 4 is 27.4 Å². The smallest absolute Gasteiger partial charge is 0.338 e. The van der Waals surface area contributed by atoms with Crippen LogP contribution in [0.1, 0.15) is 10.4 Å². The average molecular weight is 307 g/mol. The number of halogens is 1. The van der Waals surface area contributed by atoms with Gasteiger partial charge in [0.1, 0.15) is 12.0 Å². The number of fused-ring (bicyclic) bond motifs is 1. The number of hydrogen-bond donors (Lipinski definition) is 1. The number of carbonyl (C=O) groups is 1. The molecular weight excluding hydrogens is 300 g/mol. The Hall–Kier alpha value is -2.08. The van der Waals surface area contributed by atoms with Crippen LogP contribution < -0.4 is 0 Å². The zero-order valence-electron chi connectivity index (χ0n) is 9.00. The van der Waals surface area contributed by atoms with Crippen LogP contribution in [0.3, 0.4) is 0 Å². The highest BCUT2D eigenvalue weighted by molar-refractivity contribution is 9.10. The van der Waals surface area contributed by atoms with E-state index in [-0.39, 0.29) is 5.56 Å². The number of rotatable bonds is 2. The van der Waals surface area contributed by atoms with Crippen LogP contribution in [0.4, 0.5) is 0 Å². The van der Waals surface area contributed by atoms with Crippen molar-refractivity contribution in [2.45, 2.75) is 0 Å². The first-order valence-corrected chi connectivity index (χ1v) is 5.89. The maximum absolute atomic E-state index is 10.8. The molecule has 0 saturated carbocycles. The number of carboxylic acids is 1. The van der Waals surface area contributed by atoms with Gasteiger partial charge in [0.15, 0.2) is 0 Å². The Labute approximate surface area is 110 Å². The lowest BCUT2D eigenvalue weighted by Crippen LogP contribution is -1.91. The normalized spacial score (nSPS) is 10.9. The monoisotopic (exact) mass is 306 g/mol. The van der Waals surface area contributed by atoms with Gasteiger partial charge in [0.2, 0.25) is 0 Å². The fraction of sp³-hybridized carbons (Fsp3) is 0. The third kappa shape index (κ3) is 1.70. The molecule has 0 saturated heterocycles. The second-order valence-electron chi connectivity index (χ2n) is 3.74. The number of nitrogens with zero attached hydrogens (tertiary/aromatic N) is 2. The lowest BCUT2D eigenvalue weighted by atomic mass is 10.2. The molecule has 0 bridgehead atoms. The molecule has 0 aliphatic heterocycles. The van der Waals surface area contributed by atoms with Gasteiger partial charge < -0.3 is 9.52 Å². The van der Waals surface area contributed by atoms with Crippen molar-refractivity contribution in [1.82, 2.24) is 9.61 Å². The number of furan rings is 1. The number of aromatic nitrogens is 2. The highest BCUT2D eigenvalue weighted by Gasteiger charge is 2.11. The summed E-state index contributed by atoms with van der Waals surface area (Å²) in [6, 6.07) is 5.19. The summed E-state index contributed by atoms with van der Waals surface area (Å²) in [4.78, 5) is 10.8. The zero-order chi connectivity index (χ0) is 12.7. The molecule has 5 nitrogen and oxygen atoms in total. The van der Waals surface area contributed by atoms with Gasteiger partial charge in [-0.25, -0.2) is 9.31 Å². The molecule has 0 amide bonds. The predicted octanol–water partition coefficient (Wildman–Crippen LogP) is 3.06. The highest BCUT2D eigenvalue weighted by atomic mass is 79.9. The molecule has 0 unspecified atom stereocenters. The Morgan fingerprint density at radius 3 is 3.00 bits per heavy atom. The van der Waals surface area contributed by atoms with Crippen molar-refractivity contribution in [2.75, 3.05) is 0 Å². The first-order chi connectivity index (χ1) is 8.65. The number of carboxylic acid groups (broad SMARTS) is 1. The van der Waals surface area contributed by atoms with Crippen LogP contribution in [0, 0.1) is 0 Å². The van der Waals surface area contributed by atoms with E-state index < -0.39 is 5.97 Å². The van der Waals surface area contributed by atoms with E-state index >= 15 is 0 Å². The van der Waals surface area contributed by atoms with Gasteiger partial charge in [-0.3, -0.25) is 0 Å². The molecule has 0 aromatic carbocycles. The van der Waals surface area contributed by atoms with E-state index in [1.54, 1.807) is 16.9 Å². The van der Waals surface area contributed by atoms with E-state index in [4.69, 9.17) is 9.52 Å². The summed E-state index contributed by atoms with van der Waals surface area (Å²) >= 11 is 3.39. The van der Waals surface area contributed by atoms with E-state index in [0.717, 1.165) is 15.6 Å². The summed E-state index contributed by atoms with van der Waals surface area (Å²) in [5.41, 5.74) is 1.83. The van der Waals surface area contributed by atoms with E-state index in [1.165, 1.54) is 12.3 Å². The number of hydrogen-bond acceptors (Lipinski definition) is 3. The van der Waals surface area contributed by atoms with Gasteiger partial charge in [0, 0.05) is 11.8 Å². The van der Waals surface area contributed by atoms with Gasteiger partial charge in [-0.15, -0.1) is 0 Å². The molecule has 1 N–H and O–H groups in total. The van der Waals surface area contributed by atoms with Crippen molar-refractivity contribution in [2.24, 2.45) is 0 Å². The average Bonchev–Trinajstić information content (AvgIpc) is 2.96. The van der Waals surface area contributed by atoms with Gasteiger partial charge in [-0.05, 0) is 34.1 Å². The van der Waals surface area contributed by atoms with E-state index in [9.17, 15) is 4.79 Å². The van der Waals surface area contributed by atoms with E-state index in [2.05, 4.69) is 21.0 Å². The SMILES string of the molecule is O=C(O)c1coc(-c2ccn3ncc(Br)c3c2)c1. The van der Waals surface area contributed by atoms with Gasteiger partial charge in [0.25, 0.3) is 0 Å². The van der Waals surface area contributed by atoms with Crippen LogP contribution in [0.5, 0.6) is 0 Å². The molecule has 0 radical (unpaired) electrons. The molecular formula is C12H7BrN2O3. The largest absolute Gasteiger partial charge is 0.478 e. The molecule has 18 heavy (non-hydrogen) atoms. The van der Waals surface area contributed by atoms with Gasteiger partial charge >= 0.3 is 5.97 Å². The number of pyridine rings is 1. The summed E-state index contributed by atoms with van der Waals surface area (Å²) in [7, 11) is 0.